The number of halogens is 2. The summed E-state index contributed by atoms with van der Waals surface area (Å²) in [4.78, 5) is 53.2. The van der Waals surface area contributed by atoms with Gasteiger partial charge in [-0.3, -0.25) is 19.4 Å². The lowest BCUT2D eigenvalue weighted by Crippen LogP contribution is -2.38. The van der Waals surface area contributed by atoms with Gasteiger partial charge in [0.2, 0.25) is 0 Å². The number of nitrogens with two attached hydrogens (primary N) is 1. The van der Waals surface area contributed by atoms with Crippen LogP contribution in [0, 0.1) is 17.6 Å². The van der Waals surface area contributed by atoms with E-state index < -0.39 is 40.7 Å². The molecule has 5 rings (SSSR count). The predicted molar refractivity (Wildman–Crippen MR) is 162 cm³/mol. The lowest BCUT2D eigenvalue weighted by molar-refractivity contribution is -0.156. The van der Waals surface area contributed by atoms with E-state index in [1.165, 1.54) is 13.0 Å². The summed E-state index contributed by atoms with van der Waals surface area (Å²) >= 11 is 0. The molecule has 238 valence electrons. The maximum absolute atomic E-state index is 14.5. The molecule has 1 aromatic carbocycles. The standard InChI is InChI=1S/C33H37F2N5O5/c1-18(41)44-26-11-10-21-29(26)37-15-20(31(21)40-12-6-7-19(17-40)13-27(43)45-33(2,3)4)14-25(42)30-32(36)38-16-24(39-30)28-22(34)8-5-9-23(28)35/h5,8-9,15-16,19,26H,6-7,10-14,17H2,1-4H3,(H2,36,38)/t19-,26?/m1/s1. The molecule has 12 heteroatoms. The molecule has 1 aliphatic heterocycles. The van der Waals surface area contributed by atoms with E-state index >= 15 is 0 Å². The lowest BCUT2D eigenvalue weighted by atomic mass is 9.92. The number of pyridine rings is 1. The Hall–Kier alpha value is -4.48. The number of benzene rings is 1. The van der Waals surface area contributed by atoms with Gasteiger partial charge in [0.05, 0.1) is 29.6 Å². The lowest BCUT2D eigenvalue weighted by Gasteiger charge is -2.36. The van der Waals surface area contributed by atoms with Gasteiger partial charge in [0.15, 0.2) is 11.6 Å². The van der Waals surface area contributed by atoms with Crippen molar-refractivity contribution in [2.75, 3.05) is 23.7 Å². The van der Waals surface area contributed by atoms with E-state index in [-0.39, 0.29) is 41.9 Å². The molecule has 0 amide bonds. The number of carbonyl (C=O) groups is 3. The number of piperidine rings is 1. The minimum atomic E-state index is -0.842. The third-order valence-electron chi connectivity index (χ3n) is 7.87. The summed E-state index contributed by atoms with van der Waals surface area (Å²) in [5.41, 5.74) is 7.62. The molecule has 1 fully saturated rings. The van der Waals surface area contributed by atoms with Crippen LogP contribution in [0.4, 0.5) is 20.3 Å². The normalized spacial score (nSPS) is 18.0. The largest absolute Gasteiger partial charge is 0.460 e. The average Bonchev–Trinajstić information content (AvgIpc) is 3.34. The van der Waals surface area contributed by atoms with Crippen LogP contribution in [-0.4, -0.2) is 51.4 Å². The molecule has 2 aliphatic rings. The van der Waals surface area contributed by atoms with Crippen molar-refractivity contribution in [2.24, 2.45) is 5.92 Å². The molecular formula is C33H37F2N5O5. The fourth-order valence-corrected chi connectivity index (χ4v) is 6.15. The maximum atomic E-state index is 14.5. The molecule has 1 aliphatic carbocycles. The van der Waals surface area contributed by atoms with Crippen LogP contribution in [0.5, 0.6) is 0 Å². The van der Waals surface area contributed by atoms with Crippen molar-refractivity contribution in [3.63, 3.8) is 0 Å². The molecule has 3 aromatic rings. The Labute approximate surface area is 260 Å². The van der Waals surface area contributed by atoms with Crippen molar-refractivity contribution in [3.8, 4) is 11.3 Å². The summed E-state index contributed by atoms with van der Waals surface area (Å²) in [5.74, 6) is -3.00. The first-order valence-electron chi connectivity index (χ1n) is 15.1. The monoisotopic (exact) mass is 621 g/mol. The number of nitrogen functional groups attached to an aromatic ring is 1. The van der Waals surface area contributed by atoms with Gasteiger partial charge in [0, 0.05) is 49.4 Å². The molecule has 0 radical (unpaired) electrons. The number of ketones is 1. The van der Waals surface area contributed by atoms with Crippen LogP contribution < -0.4 is 10.6 Å². The molecule has 0 bridgehead atoms. The fourth-order valence-electron chi connectivity index (χ4n) is 6.15. The van der Waals surface area contributed by atoms with Crippen LogP contribution in [0.3, 0.4) is 0 Å². The molecule has 2 atom stereocenters. The topological polar surface area (TPSA) is 138 Å². The molecule has 1 unspecified atom stereocenters. The predicted octanol–water partition coefficient (Wildman–Crippen LogP) is 5.32. The van der Waals surface area contributed by atoms with Gasteiger partial charge in [0.1, 0.15) is 29.0 Å². The second-order valence-electron chi connectivity index (χ2n) is 12.6. The Kier molecular flexibility index (Phi) is 9.13. The summed E-state index contributed by atoms with van der Waals surface area (Å²) in [5, 5.41) is 0. The Morgan fingerprint density at radius 1 is 1.09 bits per heavy atom. The summed E-state index contributed by atoms with van der Waals surface area (Å²) < 4.78 is 40.1. The fraction of sp³-hybridized carbons (Fsp3) is 0.455. The summed E-state index contributed by atoms with van der Waals surface area (Å²) in [7, 11) is 0. The van der Waals surface area contributed by atoms with Gasteiger partial charge in [-0.25, -0.2) is 18.7 Å². The molecule has 1 saturated heterocycles. The molecule has 10 nitrogen and oxygen atoms in total. The summed E-state index contributed by atoms with van der Waals surface area (Å²) in [6.07, 6.45) is 5.11. The minimum absolute atomic E-state index is 0.0282. The first-order valence-corrected chi connectivity index (χ1v) is 15.1. The number of rotatable bonds is 8. The maximum Gasteiger partial charge on any atom is 0.306 e. The second kappa shape index (κ2) is 12.9. The highest BCUT2D eigenvalue weighted by molar-refractivity contribution is 6.00. The number of carbonyl (C=O) groups excluding carboxylic acids is 3. The quantitative estimate of drug-likeness (QED) is 0.260. The van der Waals surface area contributed by atoms with Gasteiger partial charge in [-0.05, 0) is 64.5 Å². The van der Waals surface area contributed by atoms with Crippen LogP contribution >= 0.6 is 0 Å². The zero-order chi connectivity index (χ0) is 32.5. The Bertz CT molecular complexity index is 1620. The Morgan fingerprint density at radius 3 is 2.51 bits per heavy atom. The SMILES string of the molecule is CC(=O)OC1CCc2c1ncc(CC(=O)c1nc(-c3c(F)cccc3F)cnc1N)c2N1CCC[C@H](CC(=O)OC(C)(C)C)C1. The first-order chi connectivity index (χ1) is 21.3. The molecule has 2 N–H and O–H groups in total. The van der Waals surface area contributed by atoms with Crippen molar-refractivity contribution in [1.82, 2.24) is 15.0 Å². The zero-order valence-electron chi connectivity index (χ0n) is 25.9. The van der Waals surface area contributed by atoms with Crippen molar-refractivity contribution in [2.45, 2.75) is 77.9 Å². The van der Waals surface area contributed by atoms with Crippen LogP contribution in [0.15, 0.2) is 30.6 Å². The van der Waals surface area contributed by atoms with E-state index in [9.17, 15) is 23.2 Å². The van der Waals surface area contributed by atoms with E-state index in [1.807, 2.05) is 20.8 Å². The number of aromatic nitrogens is 3. The van der Waals surface area contributed by atoms with Gasteiger partial charge in [-0.1, -0.05) is 6.07 Å². The van der Waals surface area contributed by atoms with E-state index in [4.69, 9.17) is 15.2 Å². The number of ether oxygens (including phenoxy) is 2. The second-order valence-corrected chi connectivity index (χ2v) is 12.6. The van der Waals surface area contributed by atoms with Crippen LogP contribution in [0.25, 0.3) is 11.3 Å². The highest BCUT2D eigenvalue weighted by Crippen LogP contribution is 2.42. The molecular weight excluding hydrogens is 584 g/mol. The van der Waals surface area contributed by atoms with Gasteiger partial charge in [-0.15, -0.1) is 0 Å². The third-order valence-corrected chi connectivity index (χ3v) is 7.87. The Balaban J connectivity index is 1.48. The van der Waals surface area contributed by atoms with E-state index in [2.05, 4.69) is 19.9 Å². The summed E-state index contributed by atoms with van der Waals surface area (Å²) in [6, 6.07) is 3.43. The average molecular weight is 622 g/mol. The highest BCUT2D eigenvalue weighted by Gasteiger charge is 2.34. The van der Waals surface area contributed by atoms with Crippen molar-refractivity contribution < 1.29 is 32.6 Å². The van der Waals surface area contributed by atoms with Gasteiger partial charge < -0.3 is 20.1 Å². The number of anilines is 2. The molecule has 2 aromatic heterocycles. The minimum Gasteiger partial charge on any atom is -0.460 e. The van der Waals surface area contributed by atoms with Crippen LogP contribution in [0.1, 0.15) is 86.8 Å². The van der Waals surface area contributed by atoms with Crippen molar-refractivity contribution in [3.05, 3.63) is 64.7 Å². The van der Waals surface area contributed by atoms with Crippen molar-refractivity contribution >= 4 is 29.2 Å². The Morgan fingerprint density at radius 2 is 1.82 bits per heavy atom. The van der Waals surface area contributed by atoms with E-state index in [0.29, 0.717) is 37.2 Å². The molecule has 45 heavy (non-hydrogen) atoms. The third kappa shape index (κ3) is 7.26. The van der Waals surface area contributed by atoms with Crippen LogP contribution in [-0.2, 0) is 31.9 Å². The number of fused-ring (bicyclic) bond motifs is 1. The number of hydrogen-bond acceptors (Lipinski definition) is 10. The van der Waals surface area contributed by atoms with Gasteiger partial charge in [0.25, 0.3) is 0 Å². The number of hydrogen-bond donors (Lipinski definition) is 1. The van der Waals surface area contributed by atoms with E-state index in [1.54, 1.807) is 6.20 Å². The summed E-state index contributed by atoms with van der Waals surface area (Å²) in [6.45, 7) is 8.09. The molecule has 3 heterocycles. The number of esters is 2. The van der Waals surface area contributed by atoms with Gasteiger partial charge in [-0.2, -0.15) is 0 Å². The molecule has 0 saturated carbocycles. The van der Waals surface area contributed by atoms with Crippen molar-refractivity contribution in [1.29, 1.82) is 0 Å². The highest BCUT2D eigenvalue weighted by atomic mass is 19.1. The smallest absolute Gasteiger partial charge is 0.306 e. The first kappa shape index (κ1) is 31.9. The van der Waals surface area contributed by atoms with Crippen LogP contribution in [0.2, 0.25) is 0 Å². The number of nitrogens with zero attached hydrogens (tertiary/aromatic N) is 4. The van der Waals surface area contributed by atoms with Gasteiger partial charge >= 0.3 is 11.9 Å². The number of Topliss-reactive ketones (excluding diaryl/α,β-unsaturated/α-hetero) is 1. The molecule has 0 spiro atoms. The van der Waals surface area contributed by atoms with E-state index in [0.717, 1.165) is 42.4 Å². The zero-order valence-corrected chi connectivity index (χ0v) is 25.9.